The minimum absolute atomic E-state index is 0.0360. The molecule has 19 heavy (non-hydrogen) atoms. The van der Waals surface area contributed by atoms with Gasteiger partial charge < -0.3 is 16.4 Å². The van der Waals surface area contributed by atoms with Crippen molar-refractivity contribution in [3.05, 3.63) is 0 Å². The molecule has 112 valence electrons. The van der Waals surface area contributed by atoms with Crippen molar-refractivity contribution < 1.29 is 4.79 Å². The van der Waals surface area contributed by atoms with Crippen LogP contribution in [0.5, 0.6) is 0 Å². The average molecular weight is 269 g/mol. The molecular formula is C15H31N3O. The molecule has 0 aromatic heterocycles. The number of rotatable bonds is 5. The fourth-order valence-corrected chi connectivity index (χ4v) is 3.45. The molecule has 1 saturated heterocycles. The van der Waals surface area contributed by atoms with Crippen LogP contribution in [-0.2, 0) is 4.79 Å². The summed E-state index contributed by atoms with van der Waals surface area (Å²) in [6.07, 6.45) is 3.80. The first kappa shape index (κ1) is 16.4. The lowest BCUT2D eigenvalue weighted by Crippen LogP contribution is -2.62. The van der Waals surface area contributed by atoms with Gasteiger partial charge in [0, 0.05) is 23.7 Å². The van der Waals surface area contributed by atoms with Crippen molar-refractivity contribution in [1.29, 1.82) is 0 Å². The van der Waals surface area contributed by atoms with Crippen molar-refractivity contribution in [2.75, 3.05) is 6.54 Å². The topological polar surface area (TPSA) is 67.2 Å². The lowest BCUT2D eigenvalue weighted by atomic mass is 9.79. The molecule has 0 aliphatic carbocycles. The third kappa shape index (κ3) is 5.11. The smallest absolute Gasteiger partial charge is 0.224 e. The number of piperidine rings is 1. The molecule has 4 nitrogen and oxygen atoms in total. The molecule has 0 aromatic carbocycles. The van der Waals surface area contributed by atoms with Crippen molar-refractivity contribution in [1.82, 2.24) is 10.6 Å². The Morgan fingerprint density at radius 1 is 1.32 bits per heavy atom. The Morgan fingerprint density at radius 3 is 2.26 bits per heavy atom. The SMILES string of the molecule is CCCC(CN)C(=O)NC1CC(C)(C)NC(C)(C)C1. The third-order valence-corrected chi connectivity index (χ3v) is 3.83. The zero-order chi connectivity index (χ0) is 14.7. The van der Waals surface area contributed by atoms with Gasteiger partial charge in [-0.3, -0.25) is 4.79 Å². The summed E-state index contributed by atoms with van der Waals surface area (Å²) in [6, 6.07) is 0.240. The summed E-state index contributed by atoms with van der Waals surface area (Å²) in [7, 11) is 0. The van der Waals surface area contributed by atoms with Crippen molar-refractivity contribution in [3.8, 4) is 0 Å². The molecule has 4 N–H and O–H groups in total. The van der Waals surface area contributed by atoms with Gasteiger partial charge in [-0.15, -0.1) is 0 Å². The Kier molecular flexibility index (Phi) is 5.39. The molecule has 0 radical (unpaired) electrons. The second-order valence-corrected chi connectivity index (χ2v) is 7.23. The Bertz CT molecular complexity index is 297. The van der Waals surface area contributed by atoms with Crippen LogP contribution in [0.3, 0.4) is 0 Å². The van der Waals surface area contributed by atoms with Crippen LogP contribution < -0.4 is 16.4 Å². The lowest BCUT2D eigenvalue weighted by molar-refractivity contribution is -0.126. The van der Waals surface area contributed by atoms with E-state index in [1.54, 1.807) is 0 Å². The van der Waals surface area contributed by atoms with Crippen LogP contribution in [0.1, 0.15) is 60.3 Å². The first-order valence-corrected chi connectivity index (χ1v) is 7.49. The minimum Gasteiger partial charge on any atom is -0.353 e. The molecule has 0 saturated carbocycles. The summed E-state index contributed by atoms with van der Waals surface area (Å²) in [5.74, 6) is 0.0916. The zero-order valence-corrected chi connectivity index (χ0v) is 13.2. The molecule has 1 atom stereocenters. The van der Waals surface area contributed by atoms with E-state index < -0.39 is 0 Å². The van der Waals surface area contributed by atoms with E-state index in [9.17, 15) is 4.79 Å². The van der Waals surface area contributed by atoms with E-state index in [1.807, 2.05) is 0 Å². The highest BCUT2D eigenvalue weighted by Crippen LogP contribution is 2.28. The Morgan fingerprint density at radius 2 is 1.84 bits per heavy atom. The molecule has 0 bridgehead atoms. The molecule has 1 rings (SSSR count). The van der Waals surface area contributed by atoms with Crippen LogP contribution in [0.4, 0.5) is 0 Å². The average Bonchev–Trinajstić information content (AvgIpc) is 2.20. The van der Waals surface area contributed by atoms with Gasteiger partial charge in [0.25, 0.3) is 0 Å². The predicted molar refractivity (Wildman–Crippen MR) is 79.9 cm³/mol. The molecule has 1 aliphatic rings. The first-order valence-electron chi connectivity index (χ1n) is 7.49. The van der Waals surface area contributed by atoms with Crippen molar-refractivity contribution in [2.45, 2.75) is 77.4 Å². The summed E-state index contributed by atoms with van der Waals surface area (Å²) in [6.45, 7) is 11.3. The van der Waals surface area contributed by atoms with Gasteiger partial charge in [0.1, 0.15) is 0 Å². The fourth-order valence-electron chi connectivity index (χ4n) is 3.45. The van der Waals surface area contributed by atoms with E-state index in [0.29, 0.717) is 6.54 Å². The lowest BCUT2D eigenvalue weighted by Gasteiger charge is -2.46. The predicted octanol–water partition coefficient (Wildman–Crippen LogP) is 1.79. The summed E-state index contributed by atoms with van der Waals surface area (Å²) in [4.78, 5) is 12.2. The maximum Gasteiger partial charge on any atom is 0.224 e. The number of amides is 1. The molecule has 1 heterocycles. The molecule has 0 spiro atoms. The quantitative estimate of drug-likeness (QED) is 0.713. The maximum atomic E-state index is 12.2. The molecule has 1 unspecified atom stereocenters. The maximum absolute atomic E-state index is 12.2. The highest BCUT2D eigenvalue weighted by atomic mass is 16.1. The summed E-state index contributed by atoms with van der Waals surface area (Å²) in [5.41, 5.74) is 5.81. The van der Waals surface area contributed by atoms with Gasteiger partial charge in [0.15, 0.2) is 0 Å². The van der Waals surface area contributed by atoms with Gasteiger partial charge in [-0.2, -0.15) is 0 Å². The Hall–Kier alpha value is -0.610. The van der Waals surface area contributed by atoms with Gasteiger partial charge in [-0.05, 0) is 47.0 Å². The van der Waals surface area contributed by atoms with Crippen LogP contribution >= 0.6 is 0 Å². The van der Waals surface area contributed by atoms with Crippen LogP contribution in [0, 0.1) is 5.92 Å². The standard InChI is InChI=1S/C15H31N3O/c1-6-7-11(10-16)13(19)17-12-8-14(2,3)18-15(4,5)9-12/h11-12,18H,6-10,16H2,1-5H3,(H,17,19). The number of carbonyl (C=O) groups is 1. The first-order chi connectivity index (χ1) is 8.69. The molecule has 4 heteroatoms. The Balaban J connectivity index is 2.63. The summed E-state index contributed by atoms with van der Waals surface area (Å²) >= 11 is 0. The molecule has 1 amide bonds. The van der Waals surface area contributed by atoms with Crippen molar-refractivity contribution >= 4 is 5.91 Å². The van der Waals surface area contributed by atoms with Crippen LogP contribution in [-0.4, -0.2) is 29.6 Å². The second-order valence-electron chi connectivity index (χ2n) is 7.23. The van der Waals surface area contributed by atoms with Crippen LogP contribution in [0.2, 0.25) is 0 Å². The minimum atomic E-state index is -0.0360. The molecule has 1 fully saturated rings. The number of hydrogen-bond acceptors (Lipinski definition) is 3. The summed E-state index contributed by atoms with van der Waals surface area (Å²) < 4.78 is 0. The number of nitrogens with two attached hydrogens (primary N) is 1. The monoisotopic (exact) mass is 269 g/mol. The molecular weight excluding hydrogens is 238 g/mol. The molecule has 0 aromatic rings. The van der Waals surface area contributed by atoms with Gasteiger partial charge in [0.05, 0.1) is 5.92 Å². The van der Waals surface area contributed by atoms with E-state index in [1.165, 1.54) is 0 Å². The zero-order valence-electron chi connectivity index (χ0n) is 13.2. The summed E-state index contributed by atoms with van der Waals surface area (Å²) in [5, 5.41) is 6.83. The van der Waals surface area contributed by atoms with Crippen molar-refractivity contribution in [2.24, 2.45) is 11.7 Å². The van der Waals surface area contributed by atoms with E-state index >= 15 is 0 Å². The van der Waals surface area contributed by atoms with Crippen LogP contribution in [0.25, 0.3) is 0 Å². The van der Waals surface area contributed by atoms with E-state index in [0.717, 1.165) is 25.7 Å². The highest BCUT2D eigenvalue weighted by Gasteiger charge is 2.38. The second kappa shape index (κ2) is 6.23. The molecule has 1 aliphatic heterocycles. The fraction of sp³-hybridized carbons (Fsp3) is 0.933. The Labute approximate surface area is 117 Å². The third-order valence-electron chi connectivity index (χ3n) is 3.83. The number of nitrogens with one attached hydrogen (secondary N) is 2. The van der Waals surface area contributed by atoms with Crippen LogP contribution in [0.15, 0.2) is 0 Å². The van der Waals surface area contributed by atoms with Gasteiger partial charge in [-0.1, -0.05) is 13.3 Å². The normalized spacial score (nSPS) is 23.9. The number of carbonyl (C=O) groups excluding carboxylic acids is 1. The van der Waals surface area contributed by atoms with E-state index in [2.05, 4.69) is 45.3 Å². The van der Waals surface area contributed by atoms with Gasteiger partial charge in [-0.25, -0.2) is 0 Å². The van der Waals surface area contributed by atoms with E-state index in [4.69, 9.17) is 5.73 Å². The highest BCUT2D eigenvalue weighted by molar-refractivity contribution is 5.79. The number of hydrogen-bond donors (Lipinski definition) is 3. The van der Waals surface area contributed by atoms with Gasteiger partial charge in [0.2, 0.25) is 5.91 Å². The van der Waals surface area contributed by atoms with E-state index in [-0.39, 0.29) is 28.9 Å². The van der Waals surface area contributed by atoms with Crippen molar-refractivity contribution in [3.63, 3.8) is 0 Å². The van der Waals surface area contributed by atoms with Gasteiger partial charge >= 0.3 is 0 Å². The largest absolute Gasteiger partial charge is 0.353 e.